The van der Waals surface area contributed by atoms with Crippen LogP contribution in [0.15, 0.2) is 0 Å². The Morgan fingerprint density at radius 3 is 2.62 bits per heavy atom. The summed E-state index contributed by atoms with van der Waals surface area (Å²) in [5.74, 6) is 7.29. The molecule has 0 aromatic heterocycles. The minimum absolute atomic E-state index is 0.0935. The van der Waals surface area contributed by atoms with E-state index in [2.05, 4.69) is 18.8 Å². The van der Waals surface area contributed by atoms with Crippen LogP contribution in [-0.2, 0) is 4.79 Å². The molecule has 1 unspecified atom stereocenters. The summed E-state index contributed by atoms with van der Waals surface area (Å²) in [6.45, 7) is 2.15. The number of aliphatic hydroxyl groups excluding tert-OH is 2. The average Bonchev–Trinajstić information content (AvgIpc) is 2.61. The molecule has 0 aliphatic heterocycles. The molecule has 3 aliphatic carbocycles. The van der Waals surface area contributed by atoms with Crippen LogP contribution in [0.5, 0.6) is 0 Å². The fourth-order valence-corrected chi connectivity index (χ4v) is 5.14. The van der Waals surface area contributed by atoms with E-state index in [0.29, 0.717) is 18.1 Å². The van der Waals surface area contributed by atoms with Gasteiger partial charge in [0.2, 0.25) is 0 Å². The molecule has 0 amide bonds. The lowest BCUT2D eigenvalue weighted by Gasteiger charge is -2.50. The van der Waals surface area contributed by atoms with Crippen molar-refractivity contribution in [2.24, 2.45) is 29.6 Å². The second-order valence-corrected chi connectivity index (χ2v) is 8.14. The zero-order valence-corrected chi connectivity index (χ0v) is 14.9. The molecular weight excluding hydrogens is 300 g/mol. The summed E-state index contributed by atoms with van der Waals surface area (Å²) in [7, 11) is 0. The lowest BCUT2D eigenvalue weighted by Crippen LogP contribution is -2.56. The fraction of sp³-hybridized carbons (Fsp3) is 0.857. The summed E-state index contributed by atoms with van der Waals surface area (Å²) in [4.78, 5) is 12.4. The van der Waals surface area contributed by atoms with Crippen molar-refractivity contribution < 1.29 is 15.0 Å². The predicted octanol–water partition coefficient (Wildman–Crippen LogP) is 3.32. The van der Waals surface area contributed by atoms with E-state index in [1.165, 1.54) is 19.3 Å². The smallest absolute Gasteiger partial charge is 0.139 e. The number of unbranched alkanes of at least 4 members (excludes halogenated alkanes) is 1. The van der Waals surface area contributed by atoms with Gasteiger partial charge >= 0.3 is 0 Å². The molecule has 3 aliphatic rings. The van der Waals surface area contributed by atoms with E-state index in [1.807, 2.05) is 0 Å². The fourth-order valence-electron chi connectivity index (χ4n) is 5.14. The van der Waals surface area contributed by atoms with Crippen molar-refractivity contribution in [3.05, 3.63) is 0 Å². The summed E-state index contributed by atoms with van der Waals surface area (Å²) in [5, 5.41) is 20.8. The van der Waals surface area contributed by atoms with E-state index in [-0.39, 0.29) is 23.7 Å². The standard InChI is InChI=1S/C21H32O3/c1-2-3-9-16-20-15(19(23)13-11-17(20)21(16)24)10-12-18(22)14-7-5-4-6-8-14/h14-20,22-23H,2-9,11,13H2,1H3/t15-,16?,17-,18-,19+,20-/m1/s1. The molecular formula is C21H32O3. The molecule has 3 rings (SSSR count). The first kappa shape index (κ1) is 18.0. The van der Waals surface area contributed by atoms with Gasteiger partial charge in [0.15, 0.2) is 0 Å². The van der Waals surface area contributed by atoms with Crippen molar-refractivity contribution in [2.75, 3.05) is 0 Å². The van der Waals surface area contributed by atoms with Gasteiger partial charge in [-0.2, -0.15) is 0 Å². The maximum Gasteiger partial charge on any atom is 0.139 e. The van der Waals surface area contributed by atoms with Gasteiger partial charge in [-0.25, -0.2) is 0 Å². The SMILES string of the molecule is CCCCC1C(=O)[C@@H]2CC[C@H](O)[C@@H](C#C[C@@H](O)C3CCCCC3)[C@H]12. The Labute approximate surface area is 146 Å². The van der Waals surface area contributed by atoms with Crippen LogP contribution in [-0.4, -0.2) is 28.2 Å². The van der Waals surface area contributed by atoms with Crippen molar-refractivity contribution in [3.63, 3.8) is 0 Å². The molecule has 3 saturated carbocycles. The lowest BCUT2D eigenvalue weighted by atomic mass is 9.52. The lowest BCUT2D eigenvalue weighted by molar-refractivity contribution is -0.154. The van der Waals surface area contributed by atoms with Crippen molar-refractivity contribution >= 4 is 5.78 Å². The average molecular weight is 332 g/mol. The van der Waals surface area contributed by atoms with Crippen molar-refractivity contribution in [1.82, 2.24) is 0 Å². The molecule has 0 radical (unpaired) electrons. The number of carbonyl (C=O) groups excluding carboxylic acids is 1. The van der Waals surface area contributed by atoms with Gasteiger partial charge < -0.3 is 10.2 Å². The summed E-state index contributed by atoms with van der Waals surface area (Å²) in [5.41, 5.74) is 0. The van der Waals surface area contributed by atoms with Crippen LogP contribution in [0.1, 0.15) is 71.1 Å². The van der Waals surface area contributed by atoms with Gasteiger partial charge in [0.1, 0.15) is 11.9 Å². The van der Waals surface area contributed by atoms with Crippen LogP contribution in [0.25, 0.3) is 0 Å². The number of hydrogen-bond acceptors (Lipinski definition) is 3. The van der Waals surface area contributed by atoms with Gasteiger partial charge in [0.05, 0.1) is 12.0 Å². The Kier molecular flexibility index (Phi) is 6.00. The highest BCUT2D eigenvalue weighted by atomic mass is 16.3. The minimum atomic E-state index is -0.567. The second-order valence-electron chi connectivity index (χ2n) is 8.14. The van der Waals surface area contributed by atoms with Crippen molar-refractivity contribution in [1.29, 1.82) is 0 Å². The monoisotopic (exact) mass is 332 g/mol. The highest BCUT2D eigenvalue weighted by Gasteiger charge is 2.55. The van der Waals surface area contributed by atoms with Crippen LogP contribution >= 0.6 is 0 Å². The number of ketones is 1. The number of Topliss-reactive ketones (excluding diaryl/α,β-unsaturated/α-hetero) is 1. The van der Waals surface area contributed by atoms with Gasteiger partial charge in [-0.05, 0) is 43.9 Å². The maximum absolute atomic E-state index is 12.4. The molecule has 0 aromatic rings. The zero-order chi connectivity index (χ0) is 17.1. The van der Waals surface area contributed by atoms with E-state index >= 15 is 0 Å². The molecule has 0 saturated heterocycles. The first-order valence-corrected chi connectivity index (χ1v) is 10.0. The van der Waals surface area contributed by atoms with Gasteiger partial charge in [-0.15, -0.1) is 0 Å². The third-order valence-corrected chi connectivity index (χ3v) is 6.63. The number of hydrogen-bond donors (Lipinski definition) is 2. The van der Waals surface area contributed by atoms with Crippen molar-refractivity contribution in [3.8, 4) is 11.8 Å². The largest absolute Gasteiger partial charge is 0.392 e. The molecule has 3 heteroatoms. The summed E-state index contributed by atoms with van der Waals surface area (Å²) in [6.07, 6.45) is 9.36. The van der Waals surface area contributed by atoms with Gasteiger partial charge in [-0.3, -0.25) is 4.79 Å². The summed E-state index contributed by atoms with van der Waals surface area (Å²) < 4.78 is 0. The zero-order valence-electron chi connectivity index (χ0n) is 14.9. The molecule has 2 N–H and O–H groups in total. The normalized spacial score (nSPS) is 37.8. The second kappa shape index (κ2) is 8.02. The number of aliphatic hydroxyl groups is 2. The number of fused-ring (bicyclic) bond motifs is 1. The van der Waals surface area contributed by atoms with Gasteiger partial charge in [0, 0.05) is 11.8 Å². The maximum atomic E-state index is 12.4. The van der Waals surface area contributed by atoms with Crippen LogP contribution in [0.2, 0.25) is 0 Å². The number of carbonyl (C=O) groups is 1. The molecule has 3 fully saturated rings. The number of rotatable bonds is 4. The highest BCUT2D eigenvalue weighted by Crippen LogP contribution is 2.51. The summed E-state index contributed by atoms with van der Waals surface area (Å²) >= 11 is 0. The predicted molar refractivity (Wildman–Crippen MR) is 94.1 cm³/mol. The Balaban J connectivity index is 1.68. The van der Waals surface area contributed by atoms with Gasteiger partial charge in [-0.1, -0.05) is 50.9 Å². The van der Waals surface area contributed by atoms with Gasteiger partial charge in [0.25, 0.3) is 0 Å². The van der Waals surface area contributed by atoms with Crippen LogP contribution in [0.4, 0.5) is 0 Å². The molecule has 0 bridgehead atoms. The van der Waals surface area contributed by atoms with Crippen LogP contribution < -0.4 is 0 Å². The molecule has 0 aromatic carbocycles. The van der Waals surface area contributed by atoms with Crippen molar-refractivity contribution in [2.45, 2.75) is 83.3 Å². The van der Waals surface area contributed by atoms with Crippen LogP contribution in [0, 0.1) is 41.4 Å². The Morgan fingerprint density at radius 1 is 1.17 bits per heavy atom. The van der Waals surface area contributed by atoms with E-state index in [0.717, 1.165) is 38.5 Å². The molecule has 0 heterocycles. The highest BCUT2D eigenvalue weighted by molar-refractivity contribution is 5.90. The Morgan fingerprint density at radius 2 is 1.92 bits per heavy atom. The Bertz CT molecular complexity index is 497. The molecule has 134 valence electrons. The molecule has 6 atom stereocenters. The van der Waals surface area contributed by atoms with E-state index in [1.54, 1.807) is 0 Å². The minimum Gasteiger partial charge on any atom is -0.392 e. The first-order valence-electron chi connectivity index (χ1n) is 10.0. The van der Waals surface area contributed by atoms with E-state index in [4.69, 9.17) is 0 Å². The molecule has 3 nitrogen and oxygen atoms in total. The first-order chi connectivity index (χ1) is 11.6. The Hall–Kier alpha value is -0.850. The third-order valence-electron chi connectivity index (χ3n) is 6.63. The molecule has 24 heavy (non-hydrogen) atoms. The van der Waals surface area contributed by atoms with E-state index < -0.39 is 12.2 Å². The molecule has 0 spiro atoms. The summed E-state index contributed by atoms with van der Waals surface area (Å²) in [6, 6.07) is 0. The topological polar surface area (TPSA) is 57.5 Å². The third kappa shape index (κ3) is 3.55. The quantitative estimate of drug-likeness (QED) is 0.777. The van der Waals surface area contributed by atoms with Crippen LogP contribution in [0.3, 0.4) is 0 Å². The van der Waals surface area contributed by atoms with E-state index in [9.17, 15) is 15.0 Å².